The van der Waals surface area contributed by atoms with Gasteiger partial charge in [-0.2, -0.15) is 0 Å². The van der Waals surface area contributed by atoms with E-state index in [9.17, 15) is 9.18 Å². The van der Waals surface area contributed by atoms with Crippen molar-refractivity contribution in [1.82, 2.24) is 5.32 Å². The number of ether oxygens (including phenoxy) is 1. The molecular weight excluding hydrogens is 277 g/mol. The summed E-state index contributed by atoms with van der Waals surface area (Å²) in [7, 11) is 2.95. The minimum Gasteiger partial charge on any atom is -0.468 e. The molecule has 0 radical (unpaired) electrons. The lowest BCUT2D eigenvalue weighted by Gasteiger charge is -2.14. The molecule has 0 spiro atoms. The molecule has 5 heteroatoms. The predicted molar refractivity (Wildman–Crippen MR) is 62.7 cm³/mol. The average Bonchev–Trinajstić information content (AvgIpc) is 2.29. The summed E-state index contributed by atoms with van der Waals surface area (Å²) < 4.78 is 18.8. The first-order chi connectivity index (χ1) is 7.58. The molecule has 0 aliphatic rings. The van der Waals surface area contributed by atoms with Crippen LogP contribution in [-0.4, -0.2) is 26.2 Å². The summed E-state index contributed by atoms with van der Waals surface area (Å²) in [6.07, 6.45) is 0.258. The third-order valence-corrected chi connectivity index (χ3v) is 2.76. The number of likely N-dealkylation sites (N-methyl/N-ethyl adjacent to an activating group) is 1. The Morgan fingerprint density at radius 3 is 2.88 bits per heavy atom. The maximum absolute atomic E-state index is 13.4. The monoisotopic (exact) mass is 289 g/mol. The van der Waals surface area contributed by atoms with Crippen LogP contribution >= 0.6 is 15.9 Å². The molecule has 88 valence electrons. The summed E-state index contributed by atoms with van der Waals surface area (Å²) in [6, 6.07) is 4.10. The fourth-order valence-electron chi connectivity index (χ4n) is 1.37. The highest BCUT2D eigenvalue weighted by Crippen LogP contribution is 2.17. The highest BCUT2D eigenvalue weighted by molar-refractivity contribution is 9.10. The molecule has 0 aromatic heterocycles. The van der Waals surface area contributed by atoms with Crippen LogP contribution in [0.3, 0.4) is 0 Å². The number of esters is 1. The van der Waals surface area contributed by atoms with Crippen molar-refractivity contribution in [2.24, 2.45) is 0 Å². The lowest BCUT2D eigenvalue weighted by Crippen LogP contribution is -2.37. The molecule has 0 saturated heterocycles. The van der Waals surface area contributed by atoms with Gasteiger partial charge in [0.25, 0.3) is 0 Å². The summed E-state index contributed by atoms with van der Waals surface area (Å²) >= 11 is 3.26. The number of carbonyl (C=O) groups excluding carboxylic acids is 1. The van der Waals surface area contributed by atoms with Crippen LogP contribution in [0, 0.1) is 5.82 Å². The van der Waals surface area contributed by atoms with Crippen LogP contribution in [0.2, 0.25) is 0 Å². The first-order valence-corrected chi connectivity index (χ1v) is 5.56. The number of hydrogen-bond donors (Lipinski definition) is 1. The van der Waals surface area contributed by atoms with Crippen LogP contribution in [0.1, 0.15) is 5.56 Å². The van der Waals surface area contributed by atoms with Gasteiger partial charge in [-0.15, -0.1) is 0 Å². The van der Waals surface area contributed by atoms with Crippen LogP contribution in [0.5, 0.6) is 0 Å². The first-order valence-electron chi connectivity index (χ1n) is 4.77. The molecule has 3 nitrogen and oxygen atoms in total. The van der Waals surface area contributed by atoms with Crippen LogP contribution in [0.4, 0.5) is 4.39 Å². The smallest absolute Gasteiger partial charge is 0.323 e. The Kier molecular flexibility index (Phi) is 4.89. The Labute approximate surface area is 102 Å². The van der Waals surface area contributed by atoms with Crippen LogP contribution in [0.25, 0.3) is 0 Å². The minimum absolute atomic E-state index is 0.258. The van der Waals surface area contributed by atoms with Gasteiger partial charge < -0.3 is 10.1 Å². The second kappa shape index (κ2) is 5.96. The first kappa shape index (κ1) is 13.1. The zero-order valence-corrected chi connectivity index (χ0v) is 10.7. The Hall–Kier alpha value is -0.940. The molecule has 1 N–H and O–H groups in total. The molecule has 1 rings (SSSR count). The zero-order chi connectivity index (χ0) is 12.1. The maximum Gasteiger partial charge on any atom is 0.323 e. The van der Waals surface area contributed by atoms with Crippen molar-refractivity contribution in [3.05, 3.63) is 34.1 Å². The fourth-order valence-corrected chi connectivity index (χ4v) is 1.77. The molecular formula is C11H13BrFNO2. The number of rotatable bonds is 4. The summed E-state index contributed by atoms with van der Waals surface area (Å²) in [5.74, 6) is -0.728. The third kappa shape index (κ3) is 3.28. The lowest BCUT2D eigenvalue weighted by atomic mass is 10.1. The van der Waals surface area contributed by atoms with E-state index in [0.717, 1.165) is 4.47 Å². The molecule has 16 heavy (non-hydrogen) atoms. The van der Waals surface area contributed by atoms with E-state index < -0.39 is 12.0 Å². The van der Waals surface area contributed by atoms with Crippen molar-refractivity contribution in [1.29, 1.82) is 0 Å². The zero-order valence-electron chi connectivity index (χ0n) is 9.09. The molecule has 0 bridgehead atoms. The summed E-state index contributed by atoms with van der Waals surface area (Å²) in [5.41, 5.74) is 0.471. The molecule has 1 aromatic carbocycles. The largest absolute Gasteiger partial charge is 0.468 e. The van der Waals surface area contributed by atoms with Crippen molar-refractivity contribution in [2.45, 2.75) is 12.5 Å². The molecule has 0 aliphatic heterocycles. The minimum atomic E-state index is -0.534. The second-order valence-corrected chi connectivity index (χ2v) is 4.22. The van der Waals surface area contributed by atoms with Gasteiger partial charge in [0, 0.05) is 10.9 Å². The van der Waals surface area contributed by atoms with E-state index in [1.54, 1.807) is 19.2 Å². The molecule has 0 saturated carbocycles. The number of methoxy groups -OCH3 is 1. The summed E-state index contributed by atoms with van der Waals surface area (Å²) in [4.78, 5) is 11.3. The van der Waals surface area contributed by atoms with E-state index in [1.165, 1.54) is 13.2 Å². The molecule has 0 amide bonds. The van der Waals surface area contributed by atoms with Crippen molar-refractivity contribution in [2.75, 3.05) is 14.2 Å². The molecule has 0 heterocycles. The normalized spacial score (nSPS) is 12.2. The average molecular weight is 290 g/mol. The lowest BCUT2D eigenvalue weighted by molar-refractivity contribution is -0.142. The number of carbonyl (C=O) groups is 1. The number of nitrogens with one attached hydrogen (secondary N) is 1. The van der Waals surface area contributed by atoms with E-state index in [0.29, 0.717) is 5.56 Å². The van der Waals surface area contributed by atoms with Crippen molar-refractivity contribution >= 4 is 21.9 Å². The van der Waals surface area contributed by atoms with E-state index >= 15 is 0 Å². The van der Waals surface area contributed by atoms with E-state index in [2.05, 4.69) is 26.0 Å². The Bertz CT molecular complexity index is 384. The highest BCUT2D eigenvalue weighted by Gasteiger charge is 2.19. The number of benzene rings is 1. The van der Waals surface area contributed by atoms with Gasteiger partial charge in [-0.3, -0.25) is 4.79 Å². The van der Waals surface area contributed by atoms with Gasteiger partial charge >= 0.3 is 5.97 Å². The summed E-state index contributed by atoms with van der Waals surface area (Å²) in [5, 5.41) is 2.79. The topological polar surface area (TPSA) is 38.3 Å². The Balaban J connectivity index is 2.85. The van der Waals surface area contributed by atoms with Crippen LogP contribution < -0.4 is 5.32 Å². The molecule has 0 fully saturated rings. The van der Waals surface area contributed by atoms with Crippen molar-refractivity contribution in [3.8, 4) is 0 Å². The Morgan fingerprint density at radius 2 is 2.31 bits per heavy atom. The quantitative estimate of drug-likeness (QED) is 0.861. The molecule has 1 atom stereocenters. The third-order valence-electron chi connectivity index (χ3n) is 2.27. The van der Waals surface area contributed by atoms with E-state index in [1.807, 2.05) is 0 Å². The van der Waals surface area contributed by atoms with Gasteiger partial charge in [-0.05, 0) is 30.8 Å². The standard InChI is InChI=1S/C11H13BrFNO2/c1-14-10(11(15)16-2)6-7-5-8(12)3-4-9(7)13/h3-5,10,14H,6H2,1-2H3/t10-/m0/s1. The predicted octanol–water partition coefficient (Wildman–Crippen LogP) is 1.89. The van der Waals surface area contributed by atoms with Gasteiger partial charge in [-0.1, -0.05) is 15.9 Å². The Morgan fingerprint density at radius 1 is 1.62 bits per heavy atom. The molecule has 0 unspecified atom stereocenters. The fraction of sp³-hybridized carbons (Fsp3) is 0.364. The SMILES string of the molecule is CN[C@@H](Cc1cc(Br)ccc1F)C(=O)OC. The van der Waals surface area contributed by atoms with Crippen LogP contribution in [0.15, 0.2) is 22.7 Å². The van der Waals surface area contributed by atoms with Crippen molar-refractivity contribution < 1.29 is 13.9 Å². The number of hydrogen-bond acceptors (Lipinski definition) is 3. The summed E-state index contributed by atoms with van der Waals surface area (Å²) in [6.45, 7) is 0. The van der Waals surface area contributed by atoms with E-state index in [-0.39, 0.29) is 12.2 Å². The van der Waals surface area contributed by atoms with Gasteiger partial charge in [-0.25, -0.2) is 4.39 Å². The van der Waals surface area contributed by atoms with Gasteiger partial charge in [0.15, 0.2) is 0 Å². The molecule has 0 aliphatic carbocycles. The van der Waals surface area contributed by atoms with Gasteiger partial charge in [0.1, 0.15) is 11.9 Å². The molecule has 1 aromatic rings. The highest BCUT2D eigenvalue weighted by atomic mass is 79.9. The number of halogens is 2. The van der Waals surface area contributed by atoms with Gasteiger partial charge in [0.05, 0.1) is 7.11 Å². The van der Waals surface area contributed by atoms with Crippen molar-refractivity contribution in [3.63, 3.8) is 0 Å². The maximum atomic E-state index is 13.4. The van der Waals surface area contributed by atoms with E-state index in [4.69, 9.17) is 0 Å². The van der Waals surface area contributed by atoms with Gasteiger partial charge in [0.2, 0.25) is 0 Å². The van der Waals surface area contributed by atoms with Crippen LogP contribution in [-0.2, 0) is 16.0 Å². The second-order valence-electron chi connectivity index (χ2n) is 3.30.